The summed E-state index contributed by atoms with van der Waals surface area (Å²) < 4.78 is 26.0. The Bertz CT molecular complexity index is 1040. The largest absolute Gasteiger partial charge is 0.299 e. The third kappa shape index (κ3) is 6.93. The Morgan fingerprint density at radius 1 is 1.03 bits per heavy atom. The molecular formula is C19H20N4O3S3. The smallest absolute Gasteiger partial charge is 0.241 e. The second kappa shape index (κ2) is 9.97. The highest BCUT2D eigenvalue weighted by molar-refractivity contribution is 8.00. The molecule has 3 rings (SSSR count). The van der Waals surface area contributed by atoms with E-state index in [9.17, 15) is 13.2 Å². The first-order chi connectivity index (χ1) is 13.9. The average Bonchev–Trinajstić information content (AvgIpc) is 3.14. The molecule has 1 aromatic heterocycles. The van der Waals surface area contributed by atoms with Crippen molar-refractivity contribution in [1.82, 2.24) is 14.5 Å². The van der Waals surface area contributed by atoms with Crippen molar-refractivity contribution in [3.8, 4) is 0 Å². The molecule has 3 aromatic rings. The summed E-state index contributed by atoms with van der Waals surface area (Å²) in [6.45, 7) is -0.165. The Morgan fingerprint density at radius 3 is 2.28 bits per heavy atom. The second-order valence-electron chi connectivity index (χ2n) is 6.21. The van der Waals surface area contributed by atoms with Crippen LogP contribution in [0.15, 0.2) is 65.0 Å². The lowest BCUT2D eigenvalue weighted by Crippen LogP contribution is -2.36. The normalized spacial score (nSPS) is 11.5. The molecule has 0 saturated heterocycles. The highest BCUT2D eigenvalue weighted by Gasteiger charge is 2.21. The standard InChI is InChI=1S/C19H20N4O3S3/c1-29(25,26)23(12-15-8-4-2-5-9-15)13-17(24)20-18-21-22-19(28-18)27-14-16-10-6-3-7-11-16/h2-11H,12-14H2,1H3,(H,20,21,24). The van der Waals surface area contributed by atoms with Crippen molar-refractivity contribution in [1.29, 1.82) is 0 Å². The Hall–Kier alpha value is -2.27. The van der Waals surface area contributed by atoms with Crippen LogP contribution in [-0.2, 0) is 27.1 Å². The fourth-order valence-electron chi connectivity index (χ4n) is 2.43. The van der Waals surface area contributed by atoms with E-state index < -0.39 is 15.9 Å². The molecule has 0 aliphatic rings. The fraction of sp³-hybridized carbons (Fsp3) is 0.211. The molecule has 0 bridgehead atoms. The molecule has 152 valence electrons. The van der Waals surface area contributed by atoms with Gasteiger partial charge in [-0.15, -0.1) is 10.2 Å². The van der Waals surface area contributed by atoms with Crippen molar-refractivity contribution in [3.63, 3.8) is 0 Å². The van der Waals surface area contributed by atoms with Gasteiger partial charge in [0.15, 0.2) is 4.34 Å². The van der Waals surface area contributed by atoms with Crippen LogP contribution in [0.3, 0.4) is 0 Å². The minimum atomic E-state index is -3.55. The van der Waals surface area contributed by atoms with Crippen LogP contribution in [0.25, 0.3) is 0 Å². The molecule has 0 atom stereocenters. The molecule has 2 aromatic carbocycles. The molecule has 0 unspecified atom stereocenters. The van der Waals surface area contributed by atoms with Gasteiger partial charge in [0.25, 0.3) is 0 Å². The Morgan fingerprint density at radius 2 is 1.66 bits per heavy atom. The molecule has 0 radical (unpaired) electrons. The number of benzene rings is 2. The van der Waals surface area contributed by atoms with E-state index in [0.29, 0.717) is 5.13 Å². The van der Waals surface area contributed by atoms with Gasteiger partial charge in [-0.2, -0.15) is 4.31 Å². The van der Waals surface area contributed by atoms with Crippen LogP contribution >= 0.6 is 23.1 Å². The Kier molecular flexibility index (Phi) is 7.37. The number of sulfonamides is 1. The summed E-state index contributed by atoms with van der Waals surface area (Å²) in [7, 11) is -3.55. The first-order valence-corrected chi connectivity index (χ1v) is 12.3. The van der Waals surface area contributed by atoms with E-state index in [2.05, 4.69) is 15.5 Å². The SMILES string of the molecule is CS(=O)(=O)N(CC(=O)Nc1nnc(SCc2ccccc2)s1)Cc1ccccc1. The maximum absolute atomic E-state index is 12.4. The molecule has 0 spiro atoms. The van der Waals surface area contributed by atoms with Crippen molar-refractivity contribution >= 4 is 44.2 Å². The van der Waals surface area contributed by atoms with Gasteiger partial charge in [-0.1, -0.05) is 83.8 Å². The number of hydrogen-bond acceptors (Lipinski definition) is 7. The Labute approximate surface area is 178 Å². The zero-order chi connectivity index (χ0) is 20.7. The molecule has 1 N–H and O–H groups in total. The van der Waals surface area contributed by atoms with Crippen LogP contribution in [0.1, 0.15) is 11.1 Å². The van der Waals surface area contributed by atoms with Crippen molar-refractivity contribution in [2.75, 3.05) is 18.1 Å². The monoisotopic (exact) mass is 448 g/mol. The van der Waals surface area contributed by atoms with Crippen molar-refractivity contribution in [2.24, 2.45) is 0 Å². The van der Waals surface area contributed by atoms with E-state index in [0.717, 1.165) is 26.2 Å². The van der Waals surface area contributed by atoms with E-state index in [-0.39, 0.29) is 13.1 Å². The third-order valence-corrected chi connectivity index (χ3v) is 7.09. The van der Waals surface area contributed by atoms with E-state index >= 15 is 0 Å². The van der Waals surface area contributed by atoms with Gasteiger partial charge >= 0.3 is 0 Å². The van der Waals surface area contributed by atoms with Gasteiger partial charge in [0.1, 0.15) is 0 Å². The number of amides is 1. The summed E-state index contributed by atoms with van der Waals surface area (Å²) in [5.41, 5.74) is 1.98. The van der Waals surface area contributed by atoms with Gasteiger partial charge in [0.05, 0.1) is 12.8 Å². The van der Waals surface area contributed by atoms with Crippen molar-refractivity contribution in [3.05, 3.63) is 71.8 Å². The van der Waals surface area contributed by atoms with Crippen LogP contribution in [0.2, 0.25) is 0 Å². The number of rotatable bonds is 9. The van der Waals surface area contributed by atoms with Crippen molar-refractivity contribution in [2.45, 2.75) is 16.6 Å². The van der Waals surface area contributed by atoms with Gasteiger partial charge in [0, 0.05) is 12.3 Å². The van der Waals surface area contributed by atoms with Crippen LogP contribution in [0.5, 0.6) is 0 Å². The fourth-order valence-corrected chi connectivity index (χ4v) is 4.89. The summed E-state index contributed by atoms with van der Waals surface area (Å²) in [5, 5.41) is 11.0. The maximum atomic E-state index is 12.4. The average molecular weight is 449 g/mol. The predicted octanol–water partition coefficient (Wildman–Crippen LogP) is 3.23. The summed E-state index contributed by atoms with van der Waals surface area (Å²) in [6.07, 6.45) is 1.09. The molecule has 10 heteroatoms. The number of carbonyl (C=O) groups excluding carboxylic acids is 1. The van der Waals surface area contributed by atoms with Crippen molar-refractivity contribution < 1.29 is 13.2 Å². The van der Waals surface area contributed by atoms with Gasteiger partial charge in [-0.3, -0.25) is 10.1 Å². The van der Waals surface area contributed by atoms with E-state index in [4.69, 9.17) is 0 Å². The molecule has 29 heavy (non-hydrogen) atoms. The lowest BCUT2D eigenvalue weighted by molar-refractivity contribution is -0.116. The van der Waals surface area contributed by atoms with E-state index in [1.54, 1.807) is 0 Å². The molecule has 0 saturated carbocycles. The van der Waals surface area contributed by atoms with Gasteiger partial charge in [-0.25, -0.2) is 8.42 Å². The summed E-state index contributed by atoms with van der Waals surface area (Å²) >= 11 is 2.79. The molecule has 1 amide bonds. The van der Waals surface area contributed by atoms with Gasteiger partial charge in [-0.05, 0) is 11.1 Å². The molecule has 7 nitrogen and oxygen atoms in total. The maximum Gasteiger partial charge on any atom is 0.241 e. The van der Waals surface area contributed by atoms with Gasteiger partial charge < -0.3 is 0 Å². The minimum absolute atomic E-state index is 0.126. The summed E-state index contributed by atoms with van der Waals surface area (Å²) in [4.78, 5) is 12.4. The predicted molar refractivity (Wildman–Crippen MR) is 116 cm³/mol. The quantitative estimate of drug-likeness (QED) is 0.399. The van der Waals surface area contributed by atoms with Crippen LogP contribution in [0, 0.1) is 0 Å². The third-order valence-electron chi connectivity index (χ3n) is 3.85. The highest BCUT2D eigenvalue weighted by atomic mass is 32.2. The lowest BCUT2D eigenvalue weighted by Gasteiger charge is -2.19. The Balaban J connectivity index is 1.56. The summed E-state index contributed by atoms with van der Waals surface area (Å²) in [5.74, 6) is 0.296. The van der Waals surface area contributed by atoms with Crippen LogP contribution < -0.4 is 5.32 Å². The molecule has 0 fully saturated rings. The number of anilines is 1. The number of thioether (sulfide) groups is 1. The van der Waals surface area contributed by atoms with Crippen LogP contribution in [0.4, 0.5) is 5.13 Å². The first kappa shape index (κ1) is 21.4. The number of carbonyl (C=O) groups is 1. The molecule has 0 aliphatic heterocycles. The zero-order valence-electron chi connectivity index (χ0n) is 15.7. The number of nitrogens with zero attached hydrogens (tertiary/aromatic N) is 3. The second-order valence-corrected chi connectivity index (χ2v) is 10.4. The van der Waals surface area contributed by atoms with E-state index in [1.807, 2.05) is 60.7 Å². The topological polar surface area (TPSA) is 92.3 Å². The number of aromatic nitrogens is 2. The van der Waals surface area contributed by atoms with Gasteiger partial charge in [0.2, 0.25) is 21.1 Å². The first-order valence-electron chi connectivity index (χ1n) is 8.69. The van der Waals surface area contributed by atoms with E-state index in [1.165, 1.54) is 28.7 Å². The minimum Gasteiger partial charge on any atom is -0.299 e. The lowest BCUT2D eigenvalue weighted by atomic mass is 10.2. The number of hydrogen-bond donors (Lipinski definition) is 1. The summed E-state index contributed by atoms with van der Waals surface area (Å²) in [6, 6.07) is 19.1. The number of nitrogens with one attached hydrogen (secondary N) is 1. The van der Waals surface area contributed by atoms with Crippen LogP contribution in [-0.4, -0.2) is 41.6 Å². The highest BCUT2D eigenvalue weighted by Crippen LogP contribution is 2.28. The zero-order valence-corrected chi connectivity index (χ0v) is 18.1. The molecule has 0 aliphatic carbocycles. The molecule has 1 heterocycles. The molecular weight excluding hydrogens is 428 g/mol.